The van der Waals surface area contributed by atoms with E-state index in [-0.39, 0.29) is 6.07 Å². The third-order valence-electron chi connectivity index (χ3n) is 1.46. The Bertz CT molecular complexity index is 386. The maximum atomic E-state index is 12.7. The smallest absolute Gasteiger partial charge is 0.338 e. The van der Waals surface area contributed by atoms with Gasteiger partial charge in [-0.05, 0) is 0 Å². The maximum Gasteiger partial charge on any atom is 0.338 e. The van der Waals surface area contributed by atoms with Gasteiger partial charge in [0.05, 0.1) is 4.92 Å². The average molecular weight is 263 g/mol. The van der Waals surface area contributed by atoms with Crippen molar-refractivity contribution in [3.8, 4) is 0 Å². The summed E-state index contributed by atoms with van der Waals surface area (Å²) in [6, 6.07) is 0.509. The third-order valence-corrected chi connectivity index (χ3v) is 1.46. The molecule has 18 heavy (non-hydrogen) atoms. The minimum absolute atomic E-state index is 0.168. The molecule has 102 valence electrons. The second kappa shape index (κ2) is 9.03. The topological polar surface area (TPSA) is 80.4 Å². The van der Waals surface area contributed by atoms with Crippen molar-refractivity contribution >= 4 is 11.7 Å². The van der Waals surface area contributed by atoms with Gasteiger partial charge in [-0.2, -0.15) is 4.39 Å². The molecule has 0 bridgehead atoms. The zero-order valence-corrected chi connectivity index (χ0v) is 10.5. The van der Waals surface area contributed by atoms with Gasteiger partial charge >= 0.3 is 11.7 Å². The summed E-state index contributed by atoms with van der Waals surface area (Å²) in [5, 5.41) is 18.5. The molecule has 0 aliphatic heterocycles. The van der Waals surface area contributed by atoms with Gasteiger partial charge in [-0.3, -0.25) is 10.1 Å². The van der Waals surface area contributed by atoms with Crippen LogP contribution in [0.5, 0.6) is 0 Å². The van der Waals surface area contributed by atoms with E-state index in [1.165, 1.54) is 0 Å². The molecule has 0 heterocycles. The lowest BCUT2D eigenvalue weighted by atomic mass is 10.2. The number of benzene rings is 1. The molecule has 0 saturated heterocycles. The first-order valence-corrected chi connectivity index (χ1v) is 5.30. The number of carboxylic acids is 1. The van der Waals surface area contributed by atoms with Crippen LogP contribution in [-0.4, -0.2) is 16.0 Å². The first-order valence-electron chi connectivity index (χ1n) is 5.30. The first kappa shape index (κ1) is 18.3. The summed E-state index contributed by atoms with van der Waals surface area (Å²) in [5.74, 6) is -4.44. The van der Waals surface area contributed by atoms with Crippen molar-refractivity contribution < 1.29 is 23.6 Å². The van der Waals surface area contributed by atoms with Gasteiger partial charge < -0.3 is 5.11 Å². The van der Waals surface area contributed by atoms with Gasteiger partial charge in [0.15, 0.2) is 0 Å². The highest BCUT2D eigenvalue weighted by Crippen LogP contribution is 2.21. The zero-order chi connectivity index (χ0) is 14.9. The van der Waals surface area contributed by atoms with E-state index >= 15 is 0 Å². The van der Waals surface area contributed by atoms with Gasteiger partial charge in [0.25, 0.3) is 0 Å². The van der Waals surface area contributed by atoms with E-state index in [0.29, 0.717) is 6.07 Å². The van der Waals surface area contributed by atoms with E-state index in [2.05, 4.69) is 0 Å². The molecule has 0 unspecified atom stereocenters. The van der Waals surface area contributed by atoms with E-state index in [1.807, 2.05) is 27.7 Å². The predicted octanol–water partition coefficient (Wildman–Crippen LogP) is 3.62. The molecule has 0 amide bonds. The molecule has 0 radical (unpaired) electrons. The first-order chi connectivity index (χ1) is 8.43. The Morgan fingerprint density at radius 2 is 1.61 bits per heavy atom. The maximum absolute atomic E-state index is 12.7. The molecule has 7 heteroatoms. The van der Waals surface area contributed by atoms with Crippen molar-refractivity contribution in [2.45, 2.75) is 27.7 Å². The van der Waals surface area contributed by atoms with Crippen LogP contribution in [0, 0.1) is 21.7 Å². The van der Waals surface area contributed by atoms with Crippen molar-refractivity contribution in [3.63, 3.8) is 0 Å². The van der Waals surface area contributed by atoms with E-state index in [0.717, 1.165) is 0 Å². The Labute approximate surface area is 103 Å². The molecule has 5 nitrogen and oxygen atoms in total. The number of nitro benzene ring substituents is 1. The van der Waals surface area contributed by atoms with Gasteiger partial charge in [-0.25, -0.2) is 9.18 Å². The standard InChI is InChI=1S/C7H3F2NO4.2C2H6/c8-4-2-5(9)6(10(13)14)1-3(4)7(11)12;2*1-2/h1-2H,(H,11,12);2*1-2H3. The molecule has 0 fully saturated rings. The van der Waals surface area contributed by atoms with Crippen molar-refractivity contribution in [3.05, 3.63) is 39.4 Å². The molecule has 1 rings (SSSR count). The van der Waals surface area contributed by atoms with E-state index < -0.39 is 33.8 Å². The second-order valence-electron chi connectivity index (χ2n) is 2.35. The molecule has 1 aromatic rings. The van der Waals surface area contributed by atoms with Crippen LogP contribution in [0.3, 0.4) is 0 Å². The molecular formula is C11H15F2NO4. The van der Waals surface area contributed by atoms with Crippen LogP contribution in [0.2, 0.25) is 0 Å². The van der Waals surface area contributed by atoms with Gasteiger partial charge in [-0.15, -0.1) is 0 Å². The number of carboxylic acid groups (broad SMARTS) is 1. The minimum Gasteiger partial charge on any atom is -0.478 e. The SMILES string of the molecule is CC.CC.O=C(O)c1cc([N+](=O)[O-])c(F)cc1F. The number of nitrogens with zero attached hydrogens (tertiary/aromatic N) is 1. The van der Waals surface area contributed by atoms with Gasteiger partial charge in [-0.1, -0.05) is 27.7 Å². The number of hydrogen-bond acceptors (Lipinski definition) is 3. The van der Waals surface area contributed by atoms with Crippen LogP contribution in [0.4, 0.5) is 14.5 Å². The van der Waals surface area contributed by atoms with Crippen molar-refractivity contribution in [1.29, 1.82) is 0 Å². The minimum atomic E-state index is -1.69. The van der Waals surface area contributed by atoms with Crippen LogP contribution >= 0.6 is 0 Å². The molecule has 1 N–H and O–H groups in total. The quantitative estimate of drug-likeness (QED) is 0.652. The summed E-state index contributed by atoms with van der Waals surface area (Å²) in [6.45, 7) is 8.00. The van der Waals surface area contributed by atoms with E-state index in [1.54, 1.807) is 0 Å². The Hall–Kier alpha value is -2.05. The highest BCUT2D eigenvalue weighted by atomic mass is 19.1. The monoisotopic (exact) mass is 263 g/mol. The van der Waals surface area contributed by atoms with Crippen molar-refractivity contribution in [1.82, 2.24) is 0 Å². The van der Waals surface area contributed by atoms with Crippen LogP contribution in [-0.2, 0) is 0 Å². The van der Waals surface area contributed by atoms with E-state index in [4.69, 9.17) is 5.11 Å². The highest BCUT2D eigenvalue weighted by Gasteiger charge is 2.21. The number of halogens is 2. The average Bonchev–Trinajstić information content (AvgIpc) is 2.33. The number of aromatic carboxylic acids is 1. The molecular weight excluding hydrogens is 248 g/mol. The summed E-state index contributed by atoms with van der Waals surface area (Å²) in [4.78, 5) is 19.4. The summed E-state index contributed by atoms with van der Waals surface area (Å²) in [5.41, 5.74) is -2.00. The fraction of sp³-hybridized carbons (Fsp3) is 0.364. The normalized spacial score (nSPS) is 8.33. The second-order valence-corrected chi connectivity index (χ2v) is 2.35. The lowest BCUT2D eigenvalue weighted by Gasteiger charge is -1.98. The van der Waals surface area contributed by atoms with E-state index in [9.17, 15) is 23.7 Å². The van der Waals surface area contributed by atoms with Crippen LogP contribution < -0.4 is 0 Å². The zero-order valence-electron chi connectivity index (χ0n) is 10.5. The van der Waals surface area contributed by atoms with Crippen molar-refractivity contribution in [2.75, 3.05) is 0 Å². The molecule has 1 aromatic carbocycles. The lowest BCUT2D eigenvalue weighted by molar-refractivity contribution is -0.387. The number of carbonyl (C=O) groups is 1. The third kappa shape index (κ3) is 4.86. The molecule has 0 spiro atoms. The molecule has 0 saturated carbocycles. The Morgan fingerprint density at radius 1 is 1.17 bits per heavy atom. The largest absolute Gasteiger partial charge is 0.478 e. The highest BCUT2D eigenvalue weighted by molar-refractivity contribution is 5.88. The fourth-order valence-electron chi connectivity index (χ4n) is 0.841. The van der Waals surface area contributed by atoms with Crippen LogP contribution in [0.15, 0.2) is 12.1 Å². The molecule has 0 aliphatic carbocycles. The molecule has 0 atom stereocenters. The molecule has 0 aromatic heterocycles. The van der Waals surface area contributed by atoms with Gasteiger partial charge in [0, 0.05) is 12.1 Å². The van der Waals surface area contributed by atoms with Gasteiger partial charge in [0.2, 0.25) is 5.82 Å². The van der Waals surface area contributed by atoms with Crippen LogP contribution in [0.25, 0.3) is 0 Å². The fourth-order valence-corrected chi connectivity index (χ4v) is 0.841. The number of hydrogen-bond donors (Lipinski definition) is 1. The molecule has 0 aliphatic rings. The summed E-state index contributed by atoms with van der Waals surface area (Å²) in [6.07, 6.45) is 0. The Morgan fingerprint density at radius 3 is 1.94 bits per heavy atom. The van der Waals surface area contributed by atoms with Gasteiger partial charge in [0.1, 0.15) is 11.4 Å². The predicted molar refractivity (Wildman–Crippen MR) is 62.7 cm³/mol. The lowest BCUT2D eigenvalue weighted by Crippen LogP contribution is -2.03. The summed E-state index contributed by atoms with van der Waals surface area (Å²) < 4.78 is 25.4. The summed E-state index contributed by atoms with van der Waals surface area (Å²) in [7, 11) is 0. The van der Waals surface area contributed by atoms with Crippen molar-refractivity contribution in [2.24, 2.45) is 0 Å². The number of rotatable bonds is 2. The Kier molecular flexibility index (Phi) is 9.19. The van der Waals surface area contributed by atoms with Crippen LogP contribution in [0.1, 0.15) is 38.1 Å². The number of nitro groups is 1. The Balaban J connectivity index is 0. The summed E-state index contributed by atoms with van der Waals surface area (Å²) >= 11 is 0.